The standard InChI is InChI=1S/C33H36N4O9S/c1-5-44-26-17-21(10-13-25(26)46-19-28(38)43-4)30-29(32(40)45-6-2)20(3)34-33-36(30)31(39)27(47-33)18-22-16-23(37(41)42)11-12-24(22)35-14-8-7-9-15-35/h10-13,16-18,30H,5-9,14-15,19H2,1-4H3/b27-18-/t30-/m0/s1. The highest BCUT2D eigenvalue weighted by molar-refractivity contribution is 7.07. The third-order valence-electron chi connectivity index (χ3n) is 7.88. The first kappa shape index (κ1) is 33.4. The maximum atomic E-state index is 14.3. The fourth-order valence-electron chi connectivity index (χ4n) is 5.72. The first-order valence-corrected chi connectivity index (χ1v) is 16.2. The molecule has 1 aromatic heterocycles. The number of anilines is 1. The Morgan fingerprint density at radius 3 is 2.51 bits per heavy atom. The summed E-state index contributed by atoms with van der Waals surface area (Å²) in [7, 11) is 1.26. The molecule has 0 saturated carbocycles. The number of benzene rings is 2. The van der Waals surface area contributed by atoms with Crippen molar-refractivity contribution in [3.8, 4) is 11.5 Å². The van der Waals surface area contributed by atoms with Gasteiger partial charge < -0.3 is 23.8 Å². The van der Waals surface area contributed by atoms with Crippen molar-refractivity contribution in [1.29, 1.82) is 0 Å². The third-order valence-corrected chi connectivity index (χ3v) is 8.86. The molecule has 3 aromatic rings. The van der Waals surface area contributed by atoms with Gasteiger partial charge >= 0.3 is 11.9 Å². The fraction of sp³-hybridized carbons (Fsp3) is 0.394. The summed E-state index contributed by atoms with van der Waals surface area (Å²) in [6.45, 7) is 6.84. The molecule has 2 aliphatic heterocycles. The molecule has 2 aliphatic rings. The zero-order valence-electron chi connectivity index (χ0n) is 26.6. The van der Waals surface area contributed by atoms with Gasteiger partial charge in [-0.2, -0.15) is 0 Å². The van der Waals surface area contributed by atoms with Crippen LogP contribution >= 0.6 is 11.3 Å². The molecule has 14 heteroatoms. The number of rotatable bonds is 11. The van der Waals surface area contributed by atoms with Crippen LogP contribution in [0.1, 0.15) is 57.2 Å². The number of esters is 2. The minimum absolute atomic E-state index is 0.0823. The maximum absolute atomic E-state index is 14.3. The summed E-state index contributed by atoms with van der Waals surface area (Å²) in [6.07, 6.45) is 4.79. The third kappa shape index (κ3) is 7.07. The monoisotopic (exact) mass is 664 g/mol. The molecule has 0 radical (unpaired) electrons. The van der Waals surface area contributed by atoms with Gasteiger partial charge in [0.05, 0.1) is 47.1 Å². The highest BCUT2D eigenvalue weighted by Crippen LogP contribution is 2.36. The van der Waals surface area contributed by atoms with E-state index in [4.69, 9.17) is 14.2 Å². The summed E-state index contributed by atoms with van der Waals surface area (Å²) in [5, 5.41) is 11.7. The molecule has 47 heavy (non-hydrogen) atoms. The van der Waals surface area contributed by atoms with Gasteiger partial charge in [-0.3, -0.25) is 19.5 Å². The molecule has 5 rings (SSSR count). The number of nitro groups is 1. The number of fused-ring (bicyclic) bond motifs is 1. The SMILES string of the molecule is CCOC(=O)C1=C(C)N=c2s/c(=C\c3cc([N+](=O)[O-])ccc3N3CCCCC3)c(=O)n2[C@H]1c1ccc(OCC(=O)OC)c(OCC)c1. The number of non-ortho nitro benzene ring substituents is 1. The second-order valence-electron chi connectivity index (χ2n) is 10.9. The van der Waals surface area contributed by atoms with Gasteiger partial charge in [-0.1, -0.05) is 17.4 Å². The summed E-state index contributed by atoms with van der Waals surface area (Å²) in [6, 6.07) is 8.70. The number of aromatic nitrogens is 1. The Balaban J connectivity index is 1.69. The number of carbonyl (C=O) groups is 2. The molecule has 1 fully saturated rings. The molecule has 0 amide bonds. The lowest BCUT2D eigenvalue weighted by molar-refractivity contribution is -0.384. The maximum Gasteiger partial charge on any atom is 0.343 e. The van der Waals surface area contributed by atoms with Crippen molar-refractivity contribution in [2.45, 2.75) is 46.1 Å². The molecule has 248 valence electrons. The molecule has 3 heterocycles. The van der Waals surface area contributed by atoms with E-state index in [1.807, 2.05) is 0 Å². The number of methoxy groups -OCH3 is 1. The van der Waals surface area contributed by atoms with Gasteiger partial charge in [-0.15, -0.1) is 0 Å². The van der Waals surface area contributed by atoms with E-state index in [9.17, 15) is 24.5 Å². The van der Waals surface area contributed by atoms with Gasteiger partial charge in [-0.25, -0.2) is 14.6 Å². The molecule has 1 saturated heterocycles. The predicted octanol–water partition coefficient (Wildman–Crippen LogP) is 3.65. The number of thiazole rings is 1. The average molecular weight is 665 g/mol. The zero-order valence-corrected chi connectivity index (χ0v) is 27.5. The normalized spacial score (nSPS) is 16.3. The van der Waals surface area contributed by atoms with Crippen molar-refractivity contribution in [1.82, 2.24) is 4.57 Å². The van der Waals surface area contributed by atoms with Crippen molar-refractivity contribution in [3.05, 3.63) is 88.6 Å². The number of hydrogen-bond donors (Lipinski definition) is 0. The van der Waals surface area contributed by atoms with E-state index in [0.29, 0.717) is 31.9 Å². The van der Waals surface area contributed by atoms with E-state index >= 15 is 0 Å². The van der Waals surface area contributed by atoms with Crippen molar-refractivity contribution in [2.75, 3.05) is 44.9 Å². The Morgan fingerprint density at radius 1 is 1.06 bits per heavy atom. The summed E-state index contributed by atoms with van der Waals surface area (Å²) in [4.78, 5) is 57.8. The molecule has 0 N–H and O–H groups in total. The van der Waals surface area contributed by atoms with Crippen LogP contribution in [0.25, 0.3) is 6.08 Å². The first-order valence-electron chi connectivity index (χ1n) is 15.4. The van der Waals surface area contributed by atoms with E-state index < -0.39 is 28.5 Å². The van der Waals surface area contributed by atoms with Crippen LogP contribution in [0.5, 0.6) is 11.5 Å². The van der Waals surface area contributed by atoms with E-state index in [1.54, 1.807) is 51.1 Å². The van der Waals surface area contributed by atoms with Gasteiger partial charge in [0.1, 0.15) is 0 Å². The topological polar surface area (TPSA) is 152 Å². The number of nitro benzene ring substituents is 1. The van der Waals surface area contributed by atoms with Gasteiger partial charge in [-0.05, 0) is 69.9 Å². The van der Waals surface area contributed by atoms with Crippen LogP contribution in [-0.4, -0.2) is 61.4 Å². The summed E-state index contributed by atoms with van der Waals surface area (Å²) in [5.74, 6) is -0.610. The highest BCUT2D eigenvalue weighted by Gasteiger charge is 2.34. The minimum Gasteiger partial charge on any atom is -0.490 e. The molecular weight excluding hydrogens is 628 g/mol. The van der Waals surface area contributed by atoms with Crippen LogP contribution in [-0.2, 0) is 19.1 Å². The van der Waals surface area contributed by atoms with Crippen LogP contribution in [0, 0.1) is 10.1 Å². The van der Waals surface area contributed by atoms with E-state index in [2.05, 4.69) is 14.6 Å². The highest BCUT2D eigenvalue weighted by atomic mass is 32.1. The lowest BCUT2D eigenvalue weighted by Gasteiger charge is -2.30. The summed E-state index contributed by atoms with van der Waals surface area (Å²) in [5.41, 5.74) is 1.94. The molecule has 1 atom stereocenters. The summed E-state index contributed by atoms with van der Waals surface area (Å²) >= 11 is 1.13. The van der Waals surface area contributed by atoms with Crippen LogP contribution in [0.15, 0.2) is 57.5 Å². The van der Waals surface area contributed by atoms with Crippen molar-refractivity contribution >= 4 is 40.7 Å². The molecule has 0 bridgehead atoms. The van der Waals surface area contributed by atoms with E-state index in [0.717, 1.165) is 49.4 Å². The van der Waals surface area contributed by atoms with Crippen LogP contribution < -0.4 is 29.3 Å². The Hall–Kier alpha value is -4.98. The van der Waals surface area contributed by atoms with Gasteiger partial charge in [0, 0.05) is 36.5 Å². The predicted molar refractivity (Wildman–Crippen MR) is 175 cm³/mol. The quantitative estimate of drug-likeness (QED) is 0.169. The van der Waals surface area contributed by atoms with Gasteiger partial charge in [0.15, 0.2) is 22.9 Å². The van der Waals surface area contributed by atoms with Gasteiger partial charge in [0.25, 0.3) is 11.2 Å². The number of nitrogens with zero attached hydrogens (tertiary/aromatic N) is 4. The Bertz CT molecular complexity index is 1910. The lowest BCUT2D eigenvalue weighted by Crippen LogP contribution is -2.40. The van der Waals surface area contributed by atoms with Crippen LogP contribution in [0.3, 0.4) is 0 Å². The second-order valence-corrected chi connectivity index (χ2v) is 11.9. The Labute approximate surface area is 274 Å². The number of carbonyl (C=O) groups excluding carboxylic acids is 2. The fourth-order valence-corrected chi connectivity index (χ4v) is 6.76. The minimum atomic E-state index is -0.937. The van der Waals surface area contributed by atoms with E-state index in [-0.39, 0.29) is 36.8 Å². The second kappa shape index (κ2) is 14.6. The molecular formula is C33H36N4O9S. The lowest BCUT2D eigenvalue weighted by atomic mass is 9.95. The molecule has 0 unspecified atom stereocenters. The molecule has 0 aliphatic carbocycles. The molecule has 2 aromatic carbocycles. The van der Waals surface area contributed by atoms with Crippen LogP contribution in [0.4, 0.5) is 11.4 Å². The number of ether oxygens (including phenoxy) is 4. The van der Waals surface area contributed by atoms with E-state index in [1.165, 1.54) is 23.8 Å². The number of hydrogen-bond acceptors (Lipinski definition) is 12. The molecule has 13 nitrogen and oxygen atoms in total. The first-order chi connectivity index (χ1) is 22.7. The largest absolute Gasteiger partial charge is 0.490 e. The van der Waals surface area contributed by atoms with Crippen molar-refractivity contribution < 1.29 is 33.5 Å². The van der Waals surface area contributed by atoms with Crippen molar-refractivity contribution in [3.63, 3.8) is 0 Å². The van der Waals surface area contributed by atoms with Crippen LogP contribution in [0.2, 0.25) is 0 Å². The Kier molecular flexibility index (Phi) is 10.4. The van der Waals surface area contributed by atoms with Gasteiger partial charge in [0.2, 0.25) is 0 Å². The molecule has 0 spiro atoms. The number of allylic oxidation sites excluding steroid dienone is 1. The smallest absolute Gasteiger partial charge is 0.343 e. The zero-order chi connectivity index (χ0) is 33.7. The average Bonchev–Trinajstić information content (AvgIpc) is 3.37. The van der Waals surface area contributed by atoms with Crippen molar-refractivity contribution in [2.24, 2.45) is 4.99 Å². The summed E-state index contributed by atoms with van der Waals surface area (Å²) < 4.78 is 23.3. The number of piperidine rings is 1. The Morgan fingerprint density at radius 2 is 1.83 bits per heavy atom.